The zero-order chi connectivity index (χ0) is 11.2. The molecule has 1 aromatic rings. The Hall–Kier alpha value is -1.07. The highest BCUT2D eigenvalue weighted by Gasteiger charge is 2.13. The van der Waals surface area contributed by atoms with Gasteiger partial charge in [-0.3, -0.25) is 5.32 Å². The summed E-state index contributed by atoms with van der Waals surface area (Å²) in [5.74, 6) is 0.572. The topological polar surface area (TPSA) is 53.2 Å². The Morgan fingerprint density at radius 3 is 3.25 bits per heavy atom. The van der Waals surface area contributed by atoms with Gasteiger partial charge in [-0.25, -0.2) is 4.79 Å². The third-order valence-electron chi connectivity index (χ3n) is 2.71. The highest BCUT2D eigenvalue weighted by molar-refractivity contribution is 7.14. The SMILES string of the molecule is O=C(NCC1CCCNC1)Nc1cccs1. The highest BCUT2D eigenvalue weighted by Crippen LogP contribution is 2.14. The molecule has 1 fully saturated rings. The van der Waals surface area contributed by atoms with Gasteiger partial charge in [-0.2, -0.15) is 0 Å². The monoisotopic (exact) mass is 239 g/mol. The van der Waals surface area contributed by atoms with E-state index in [0.29, 0.717) is 5.92 Å². The molecule has 1 saturated heterocycles. The number of thiophene rings is 1. The molecule has 0 bridgehead atoms. The lowest BCUT2D eigenvalue weighted by molar-refractivity contribution is 0.248. The van der Waals surface area contributed by atoms with Gasteiger partial charge in [0.15, 0.2) is 0 Å². The fourth-order valence-electron chi connectivity index (χ4n) is 1.84. The number of urea groups is 1. The van der Waals surface area contributed by atoms with Crippen molar-refractivity contribution in [1.82, 2.24) is 10.6 Å². The standard InChI is InChI=1S/C11H17N3OS/c15-11(14-10-4-2-6-16-10)13-8-9-3-1-5-12-7-9/h2,4,6,9,12H,1,3,5,7-8H2,(H2,13,14,15). The van der Waals surface area contributed by atoms with E-state index in [-0.39, 0.29) is 6.03 Å². The lowest BCUT2D eigenvalue weighted by Gasteiger charge is -2.22. The van der Waals surface area contributed by atoms with Crippen LogP contribution in [0.15, 0.2) is 17.5 Å². The molecule has 0 saturated carbocycles. The number of carbonyl (C=O) groups excluding carboxylic acids is 1. The summed E-state index contributed by atoms with van der Waals surface area (Å²) in [4.78, 5) is 11.5. The van der Waals surface area contributed by atoms with E-state index in [4.69, 9.17) is 0 Å². The molecule has 1 aromatic heterocycles. The first-order chi connectivity index (χ1) is 7.84. The van der Waals surface area contributed by atoms with Crippen LogP contribution in [0.1, 0.15) is 12.8 Å². The number of anilines is 1. The molecule has 4 nitrogen and oxygen atoms in total. The maximum Gasteiger partial charge on any atom is 0.319 e. The summed E-state index contributed by atoms with van der Waals surface area (Å²) in [7, 11) is 0. The predicted molar refractivity (Wildman–Crippen MR) is 66.9 cm³/mol. The first kappa shape index (κ1) is 11.4. The Kier molecular flexibility index (Phi) is 4.18. The van der Waals surface area contributed by atoms with Gasteiger partial charge in [0, 0.05) is 6.54 Å². The van der Waals surface area contributed by atoms with E-state index in [1.165, 1.54) is 24.2 Å². The minimum Gasteiger partial charge on any atom is -0.338 e. The van der Waals surface area contributed by atoms with Crippen molar-refractivity contribution in [2.24, 2.45) is 5.92 Å². The zero-order valence-electron chi connectivity index (χ0n) is 9.16. The second-order valence-electron chi connectivity index (χ2n) is 4.02. The van der Waals surface area contributed by atoms with Gasteiger partial charge in [0.25, 0.3) is 0 Å². The van der Waals surface area contributed by atoms with E-state index >= 15 is 0 Å². The van der Waals surface area contributed by atoms with Crippen LogP contribution in [0.2, 0.25) is 0 Å². The number of hydrogen-bond acceptors (Lipinski definition) is 3. The van der Waals surface area contributed by atoms with Gasteiger partial charge in [0.05, 0.1) is 5.00 Å². The van der Waals surface area contributed by atoms with E-state index in [1.807, 2.05) is 17.5 Å². The average Bonchev–Trinajstić information content (AvgIpc) is 2.81. The van der Waals surface area contributed by atoms with Crippen LogP contribution in [0, 0.1) is 5.92 Å². The van der Waals surface area contributed by atoms with Gasteiger partial charge in [0.2, 0.25) is 0 Å². The van der Waals surface area contributed by atoms with Crippen LogP contribution >= 0.6 is 11.3 Å². The third kappa shape index (κ3) is 3.50. The normalized spacial score (nSPS) is 20.4. The second kappa shape index (κ2) is 5.86. The van der Waals surface area contributed by atoms with Gasteiger partial charge >= 0.3 is 6.03 Å². The van der Waals surface area contributed by atoms with Gasteiger partial charge in [-0.05, 0) is 49.4 Å². The summed E-state index contributed by atoms with van der Waals surface area (Å²) in [5, 5.41) is 11.9. The van der Waals surface area contributed by atoms with Crippen molar-refractivity contribution in [1.29, 1.82) is 0 Å². The van der Waals surface area contributed by atoms with Crippen molar-refractivity contribution in [2.75, 3.05) is 25.0 Å². The summed E-state index contributed by atoms with van der Waals surface area (Å²) in [6.45, 7) is 2.88. The molecular weight excluding hydrogens is 222 g/mol. The molecule has 5 heteroatoms. The molecule has 16 heavy (non-hydrogen) atoms. The maximum atomic E-state index is 11.5. The second-order valence-corrected chi connectivity index (χ2v) is 4.97. The van der Waals surface area contributed by atoms with E-state index in [9.17, 15) is 4.79 Å². The summed E-state index contributed by atoms with van der Waals surface area (Å²) in [5.41, 5.74) is 0. The van der Waals surface area contributed by atoms with Crippen LogP contribution < -0.4 is 16.0 Å². The molecule has 1 aliphatic rings. The van der Waals surface area contributed by atoms with Crippen LogP contribution in [0.4, 0.5) is 9.80 Å². The molecule has 3 N–H and O–H groups in total. The molecular formula is C11H17N3OS. The van der Waals surface area contributed by atoms with Gasteiger partial charge in [-0.15, -0.1) is 11.3 Å². The highest BCUT2D eigenvalue weighted by atomic mass is 32.1. The first-order valence-corrected chi connectivity index (χ1v) is 6.51. The van der Waals surface area contributed by atoms with E-state index in [1.54, 1.807) is 0 Å². The smallest absolute Gasteiger partial charge is 0.319 e. The molecule has 2 rings (SSSR count). The number of amides is 2. The molecule has 1 aliphatic heterocycles. The van der Waals surface area contributed by atoms with E-state index in [0.717, 1.165) is 24.6 Å². The molecule has 0 spiro atoms. The molecule has 2 heterocycles. The van der Waals surface area contributed by atoms with Crippen molar-refractivity contribution in [3.63, 3.8) is 0 Å². The van der Waals surface area contributed by atoms with Crippen LogP contribution in [0.3, 0.4) is 0 Å². The van der Waals surface area contributed by atoms with Crippen LogP contribution in [0.5, 0.6) is 0 Å². The predicted octanol–water partition coefficient (Wildman–Crippen LogP) is 1.87. The van der Waals surface area contributed by atoms with Gasteiger partial charge < -0.3 is 10.6 Å². The van der Waals surface area contributed by atoms with Crippen LogP contribution in [-0.4, -0.2) is 25.7 Å². The van der Waals surface area contributed by atoms with Crippen molar-refractivity contribution >= 4 is 22.4 Å². The summed E-state index contributed by atoms with van der Waals surface area (Å²) < 4.78 is 0. The summed E-state index contributed by atoms with van der Waals surface area (Å²) in [6.07, 6.45) is 2.41. The lowest BCUT2D eigenvalue weighted by atomic mass is 10.00. The minimum atomic E-state index is -0.104. The van der Waals surface area contributed by atoms with Gasteiger partial charge in [-0.1, -0.05) is 0 Å². The summed E-state index contributed by atoms with van der Waals surface area (Å²) >= 11 is 1.53. The fourth-order valence-corrected chi connectivity index (χ4v) is 2.45. The Morgan fingerprint density at radius 1 is 1.62 bits per heavy atom. The molecule has 0 radical (unpaired) electrons. The van der Waals surface area contributed by atoms with Crippen molar-refractivity contribution in [2.45, 2.75) is 12.8 Å². The maximum absolute atomic E-state index is 11.5. The van der Waals surface area contributed by atoms with Gasteiger partial charge in [0.1, 0.15) is 0 Å². The average molecular weight is 239 g/mol. The number of piperidine rings is 1. The van der Waals surface area contributed by atoms with Crippen LogP contribution in [-0.2, 0) is 0 Å². The first-order valence-electron chi connectivity index (χ1n) is 5.63. The van der Waals surface area contributed by atoms with Crippen molar-refractivity contribution in [3.05, 3.63) is 17.5 Å². The number of carbonyl (C=O) groups is 1. The minimum absolute atomic E-state index is 0.104. The third-order valence-corrected chi connectivity index (χ3v) is 3.49. The Balaban J connectivity index is 1.67. The lowest BCUT2D eigenvalue weighted by Crippen LogP contribution is -2.39. The zero-order valence-corrected chi connectivity index (χ0v) is 9.98. The van der Waals surface area contributed by atoms with Crippen molar-refractivity contribution < 1.29 is 4.79 Å². The Labute approximate surface area is 99.4 Å². The Morgan fingerprint density at radius 2 is 2.56 bits per heavy atom. The van der Waals surface area contributed by atoms with Crippen molar-refractivity contribution in [3.8, 4) is 0 Å². The quantitative estimate of drug-likeness (QED) is 0.754. The molecule has 0 aliphatic carbocycles. The fraction of sp³-hybridized carbons (Fsp3) is 0.545. The van der Waals surface area contributed by atoms with Crippen LogP contribution in [0.25, 0.3) is 0 Å². The van der Waals surface area contributed by atoms with E-state index < -0.39 is 0 Å². The largest absolute Gasteiger partial charge is 0.338 e. The number of hydrogen-bond donors (Lipinski definition) is 3. The summed E-state index contributed by atoms with van der Waals surface area (Å²) in [6, 6.07) is 3.71. The number of nitrogens with one attached hydrogen (secondary N) is 3. The molecule has 0 aromatic carbocycles. The van der Waals surface area contributed by atoms with E-state index in [2.05, 4.69) is 16.0 Å². The number of rotatable bonds is 3. The molecule has 2 amide bonds. The molecule has 1 atom stereocenters. The Bertz CT molecular complexity index is 320. The molecule has 1 unspecified atom stereocenters. The molecule has 88 valence electrons.